The van der Waals surface area contributed by atoms with Gasteiger partial charge < -0.3 is 15.2 Å². The quantitative estimate of drug-likeness (QED) is 0.881. The van der Waals surface area contributed by atoms with Crippen LogP contribution in [-0.2, 0) is 6.42 Å². The number of aryl methyl sites for hydroxylation is 1. The second-order valence-electron chi connectivity index (χ2n) is 4.24. The van der Waals surface area contributed by atoms with Crippen molar-refractivity contribution in [3.8, 4) is 11.5 Å². The minimum absolute atomic E-state index is 0.716. The van der Waals surface area contributed by atoms with Crippen molar-refractivity contribution in [3.05, 3.63) is 35.9 Å². The Hall–Kier alpha value is -1.74. The average molecular weight is 245 g/mol. The van der Waals surface area contributed by atoms with Crippen molar-refractivity contribution in [1.29, 1.82) is 0 Å². The Morgan fingerprint density at radius 1 is 0.944 bits per heavy atom. The predicted octanol–water partition coefficient (Wildman–Crippen LogP) is 2.75. The largest absolute Gasteiger partial charge is 0.496 e. The summed E-state index contributed by atoms with van der Waals surface area (Å²) >= 11 is 0. The summed E-state index contributed by atoms with van der Waals surface area (Å²) in [7, 11) is 3.37. The number of benzene rings is 2. The summed E-state index contributed by atoms with van der Waals surface area (Å²) in [6.45, 7) is 0.716. The smallest absolute Gasteiger partial charge is 0.126 e. The van der Waals surface area contributed by atoms with Gasteiger partial charge in [-0.15, -0.1) is 0 Å². The van der Waals surface area contributed by atoms with E-state index in [1.165, 1.54) is 5.56 Å². The van der Waals surface area contributed by atoms with Crippen molar-refractivity contribution in [2.45, 2.75) is 12.8 Å². The van der Waals surface area contributed by atoms with E-state index in [0.717, 1.165) is 35.1 Å². The molecule has 18 heavy (non-hydrogen) atoms. The van der Waals surface area contributed by atoms with Gasteiger partial charge in [-0.05, 0) is 43.1 Å². The second-order valence-corrected chi connectivity index (χ2v) is 4.24. The summed E-state index contributed by atoms with van der Waals surface area (Å²) in [6.07, 6.45) is 1.99. The standard InChI is InChI=1S/C15H19NO2/c1-17-14-7-8-15(18-2)13-10-11(4-3-9-16)5-6-12(13)14/h5-8,10H,3-4,9,16H2,1-2H3. The van der Waals surface area contributed by atoms with Crippen LogP contribution in [0, 0.1) is 0 Å². The maximum absolute atomic E-state index is 5.55. The lowest BCUT2D eigenvalue weighted by atomic mass is 10.0. The first-order chi connectivity index (χ1) is 8.80. The van der Waals surface area contributed by atoms with E-state index in [-0.39, 0.29) is 0 Å². The summed E-state index contributed by atoms with van der Waals surface area (Å²) in [4.78, 5) is 0. The molecule has 2 aromatic carbocycles. The SMILES string of the molecule is COc1ccc(OC)c2cc(CCCN)ccc12. The molecule has 0 aliphatic heterocycles. The van der Waals surface area contributed by atoms with Crippen molar-refractivity contribution in [3.63, 3.8) is 0 Å². The Bertz CT molecular complexity index is 537. The number of hydrogen-bond donors (Lipinski definition) is 1. The minimum atomic E-state index is 0.716. The zero-order chi connectivity index (χ0) is 13.0. The molecular weight excluding hydrogens is 226 g/mol. The molecule has 0 aromatic heterocycles. The molecule has 0 aliphatic rings. The highest BCUT2D eigenvalue weighted by atomic mass is 16.5. The average Bonchev–Trinajstić information content (AvgIpc) is 2.43. The summed E-state index contributed by atoms with van der Waals surface area (Å²) in [5, 5.41) is 2.17. The van der Waals surface area contributed by atoms with E-state index >= 15 is 0 Å². The van der Waals surface area contributed by atoms with Gasteiger partial charge in [0.25, 0.3) is 0 Å². The van der Waals surface area contributed by atoms with Crippen molar-refractivity contribution in [2.75, 3.05) is 20.8 Å². The van der Waals surface area contributed by atoms with E-state index in [1.807, 2.05) is 12.1 Å². The van der Waals surface area contributed by atoms with Crippen LogP contribution in [-0.4, -0.2) is 20.8 Å². The van der Waals surface area contributed by atoms with Gasteiger partial charge >= 0.3 is 0 Å². The van der Waals surface area contributed by atoms with E-state index in [2.05, 4.69) is 18.2 Å². The van der Waals surface area contributed by atoms with Crippen LogP contribution in [0.25, 0.3) is 10.8 Å². The molecule has 3 nitrogen and oxygen atoms in total. The minimum Gasteiger partial charge on any atom is -0.496 e. The second kappa shape index (κ2) is 5.74. The molecule has 0 aliphatic carbocycles. The molecule has 0 unspecified atom stereocenters. The van der Waals surface area contributed by atoms with Crippen LogP contribution >= 0.6 is 0 Å². The Kier molecular flexibility index (Phi) is 4.05. The monoisotopic (exact) mass is 245 g/mol. The fraction of sp³-hybridized carbons (Fsp3) is 0.333. The van der Waals surface area contributed by atoms with Crippen LogP contribution in [0.15, 0.2) is 30.3 Å². The van der Waals surface area contributed by atoms with E-state index in [4.69, 9.17) is 15.2 Å². The van der Waals surface area contributed by atoms with Crippen molar-refractivity contribution >= 4 is 10.8 Å². The maximum Gasteiger partial charge on any atom is 0.126 e. The van der Waals surface area contributed by atoms with Gasteiger partial charge in [0.15, 0.2) is 0 Å². The molecule has 0 amide bonds. The topological polar surface area (TPSA) is 44.5 Å². The Morgan fingerprint density at radius 2 is 1.61 bits per heavy atom. The van der Waals surface area contributed by atoms with E-state index in [1.54, 1.807) is 14.2 Å². The molecule has 0 fully saturated rings. The van der Waals surface area contributed by atoms with Gasteiger partial charge in [-0.25, -0.2) is 0 Å². The summed E-state index contributed by atoms with van der Waals surface area (Å²) in [5.74, 6) is 1.75. The number of methoxy groups -OCH3 is 2. The zero-order valence-electron chi connectivity index (χ0n) is 10.9. The first-order valence-electron chi connectivity index (χ1n) is 6.14. The van der Waals surface area contributed by atoms with Gasteiger partial charge in [0, 0.05) is 10.8 Å². The number of fused-ring (bicyclic) bond motifs is 1. The molecule has 0 radical (unpaired) electrons. The predicted molar refractivity (Wildman–Crippen MR) is 74.4 cm³/mol. The fourth-order valence-corrected chi connectivity index (χ4v) is 2.16. The van der Waals surface area contributed by atoms with Crippen LogP contribution in [0.2, 0.25) is 0 Å². The normalized spacial score (nSPS) is 10.6. The van der Waals surface area contributed by atoms with Gasteiger partial charge in [-0.2, -0.15) is 0 Å². The van der Waals surface area contributed by atoms with E-state index in [0.29, 0.717) is 6.54 Å². The first kappa shape index (κ1) is 12.7. The van der Waals surface area contributed by atoms with Crippen molar-refractivity contribution < 1.29 is 9.47 Å². The van der Waals surface area contributed by atoms with Gasteiger partial charge in [0.1, 0.15) is 11.5 Å². The molecule has 2 aromatic rings. The lowest BCUT2D eigenvalue weighted by Gasteiger charge is -2.11. The van der Waals surface area contributed by atoms with Gasteiger partial charge in [-0.3, -0.25) is 0 Å². The van der Waals surface area contributed by atoms with Crippen LogP contribution in [0.5, 0.6) is 11.5 Å². The molecule has 0 bridgehead atoms. The van der Waals surface area contributed by atoms with E-state index < -0.39 is 0 Å². The third kappa shape index (κ3) is 2.41. The molecule has 2 rings (SSSR count). The van der Waals surface area contributed by atoms with Gasteiger partial charge in [0.05, 0.1) is 14.2 Å². The molecule has 0 atom stereocenters. The molecule has 3 heteroatoms. The first-order valence-corrected chi connectivity index (χ1v) is 6.14. The van der Waals surface area contributed by atoms with E-state index in [9.17, 15) is 0 Å². The fourth-order valence-electron chi connectivity index (χ4n) is 2.16. The lowest BCUT2D eigenvalue weighted by molar-refractivity contribution is 0.410. The van der Waals surface area contributed by atoms with Crippen LogP contribution in [0.4, 0.5) is 0 Å². The molecule has 0 saturated heterocycles. The maximum atomic E-state index is 5.55. The third-order valence-electron chi connectivity index (χ3n) is 3.11. The van der Waals surface area contributed by atoms with Crippen LogP contribution < -0.4 is 15.2 Å². The number of ether oxygens (including phenoxy) is 2. The van der Waals surface area contributed by atoms with Crippen LogP contribution in [0.1, 0.15) is 12.0 Å². The third-order valence-corrected chi connectivity index (χ3v) is 3.11. The molecule has 0 saturated carbocycles. The lowest BCUT2D eigenvalue weighted by Crippen LogP contribution is -2.00. The Labute approximate surface area is 108 Å². The Morgan fingerprint density at radius 3 is 2.22 bits per heavy atom. The highest BCUT2D eigenvalue weighted by molar-refractivity contribution is 5.93. The van der Waals surface area contributed by atoms with Crippen molar-refractivity contribution in [1.82, 2.24) is 0 Å². The number of nitrogens with two attached hydrogens (primary N) is 1. The van der Waals surface area contributed by atoms with Crippen LogP contribution in [0.3, 0.4) is 0 Å². The highest BCUT2D eigenvalue weighted by Gasteiger charge is 2.07. The van der Waals surface area contributed by atoms with Gasteiger partial charge in [-0.1, -0.05) is 12.1 Å². The molecule has 0 heterocycles. The Balaban J connectivity index is 2.52. The van der Waals surface area contributed by atoms with Gasteiger partial charge in [0.2, 0.25) is 0 Å². The zero-order valence-corrected chi connectivity index (χ0v) is 10.9. The molecule has 0 spiro atoms. The molecule has 96 valence electrons. The number of hydrogen-bond acceptors (Lipinski definition) is 3. The summed E-state index contributed by atoms with van der Waals surface area (Å²) < 4.78 is 10.8. The number of rotatable bonds is 5. The summed E-state index contributed by atoms with van der Waals surface area (Å²) in [5.41, 5.74) is 6.82. The highest BCUT2D eigenvalue weighted by Crippen LogP contribution is 2.33. The summed E-state index contributed by atoms with van der Waals surface area (Å²) in [6, 6.07) is 10.2. The van der Waals surface area contributed by atoms with Crippen molar-refractivity contribution in [2.24, 2.45) is 5.73 Å². The molecule has 2 N–H and O–H groups in total. The molecular formula is C15H19NO2.